The van der Waals surface area contributed by atoms with E-state index in [1.165, 1.54) is 41.9 Å². The molecule has 1 aromatic heterocycles. The van der Waals surface area contributed by atoms with E-state index in [0.717, 1.165) is 36.1 Å². The number of amides is 2. The van der Waals surface area contributed by atoms with E-state index >= 15 is 0 Å². The van der Waals surface area contributed by atoms with E-state index in [-0.39, 0.29) is 43.5 Å². The van der Waals surface area contributed by atoms with Crippen LogP contribution in [0.3, 0.4) is 0 Å². The van der Waals surface area contributed by atoms with Gasteiger partial charge in [-0.15, -0.1) is 0 Å². The lowest BCUT2D eigenvalue weighted by molar-refractivity contribution is -0.129. The number of carboxylic acid groups (broad SMARTS) is 1. The van der Waals surface area contributed by atoms with E-state index in [1.54, 1.807) is 25.1 Å². The number of nitrogens with zero attached hydrogens (tertiary/aromatic N) is 4. The third-order valence-corrected chi connectivity index (χ3v) is 11.5. The Morgan fingerprint density at radius 3 is 2.33 bits per heavy atom. The zero-order valence-corrected chi connectivity index (χ0v) is 30.9. The van der Waals surface area contributed by atoms with Crippen molar-refractivity contribution in [1.82, 2.24) is 19.5 Å². The van der Waals surface area contributed by atoms with Crippen LogP contribution in [0.1, 0.15) is 68.5 Å². The molecule has 0 radical (unpaired) electrons. The molecular formula is C38H51N5O8S. The van der Waals surface area contributed by atoms with Crippen molar-refractivity contribution >= 4 is 28.2 Å². The zero-order chi connectivity index (χ0) is 37.7. The molecule has 0 aliphatic heterocycles. The predicted octanol–water partition coefficient (Wildman–Crippen LogP) is 4.90. The van der Waals surface area contributed by atoms with E-state index in [0.29, 0.717) is 23.4 Å². The highest BCUT2D eigenvalue weighted by atomic mass is 32.2. The van der Waals surface area contributed by atoms with E-state index < -0.39 is 46.1 Å². The maximum Gasteiger partial charge on any atom is 0.408 e. The Bertz CT molecular complexity index is 1720. The summed E-state index contributed by atoms with van der Waals surface area (Å²) < 4.78 is 34.7. The number of aliphatic hydroxyl groups is 1. The van der Waals surface area contributed by atoms with Crippen LogP contribution in [0.15, 0.2) is 82.8 Å². The highest BCUT2D eigenvalue weighted by Gasteiger charge is 2.38. The van der Waals surface area contributed by atoms with Crippen molar-refractivity contribution < 1.29 is 38.2 Å². The normalized spacial score (nSPS) is 16.1. The molecule has 2 amide bonds. The van der Waals surface area contributed by atoms with Gasteiger partial charge in [-0.1, -0.05) is 86.8 Å². The van der Waals surface area contributed by atoms with Crippen LogP contribution in [0, 0.1) is 11.8 Å². The highest BCUT2D eigenvalue weighted by Crippen LogP contribution is 2.29. The molecule has 2 aromatic carbocycles. The Morgan fingerprint density at radius 1 is 1.04 bits per heavy atom. The van der Waals surface area contributed by atoms with Crippen LogP contribution in [-0.2, 0) is 39.1 Å². The molecule has 0 spiro atoms. The number of methoxy groups -OCH3 is 1. The van der Waals surface area contributed by atoms with Crippen molar-refractivity contribution in [2.75, 3.05) is 20.2 Å². The molecule has 282 valence electrons. The van der Waals surface area contributed by atoms with Gasteiger partial charge in [-0.2, -0.15) is 4.31 Å². The average molecular weight is 738 g/mol. The van der Waals surface area contributed by atoms with E-state index in [2.05, 4.69) is 15.5 Å². The number of pyridine rings is 1. The molecule has 1 fully saturated rings. The number of rotatable bonds is 19. The number of ether oxygens (including phenoxy) is 1. The Kier molecular flexibility index (Phi) is 15.1. The molecule has 1 aliphatic carbocycles. The summed E-state index contributed by atoms with van der Waals surface area (Å²) in [7, 11) is -2.56. The molecule has 52 heavy (non-hydrogen) atoms. The van der Waals surface area contributed by atoms with E-state index in [4.69, 9.17) is 9.94 Å². The monoisotopic (exact) mass is 737 g/mol. The lowest BCUT2D eigenvalue weighted by Crippen LogP contribution is -2.58. The lowest BCUT2D eigenvalue weighted by atomic mass is 9.94. The van der Waals surface area contributed by atoms with Crippen LogP contribution in [0.5, 0.6) is 0 Å². The molecule has 1 heterocycles. The van der Waals surface area contributed by atoms with E-state index in [9.17, 15) is 28.2 Å². The molecule has 0 unspecified atom stereocenters. The van der Waals surface area contributed by atoms with Crippen molar-refractivity contribution in [3.05, 3.63) is 95.3 Å². The van der Waals surface area contributed by atoms with Crippen molar-refractivity contribution in [1.29, 1.82) is 0 Å². The van der Waals surface area contributed by atoms with Crippen LogP contribution < -0.4 is 5.32 Å². The molecule has 3 aromatic rings. The first-order valence-corrected chi connectivity index (χ1v) is 19.1. The van der Waals surface area contributed by atoms with Crippen LogP contribution in [0.2, 0.25) is 0 Å². The van der Waals surface area contributed by atoms with Gasteiger partial charge in [0.25, 0.3) is 0 Å². The molecule has 14 heteroatoms. The van der Waals surface area contributed by atoms with Crippen molar-refractivity contribution in [3.63, 3.8) is 0 Å². The van der Waals surface area contributed by atoms with Crippen LogP contribution in [-0.4, -0.2) is 94.6 Å². The van der Waals surface area contributed by atoms with Crippen LogP contribution >= 0.6 is 0 Å². The fourth-order valence-corrected chi connectivity index (χ4v) is 8.22. The average Bonchev–Trinajstić information content (AvgIpc) is 3.65. The second kappa shape index (κ2) is 19.5. The van der Waals surface area contributed by atoms with Gasteiger partial charge in [-0.25, -0.2) is 13.2 Å². The molecule has 4 rings (SSSR count). The van der Waals surface area contributed by atoms with Crippen molar-refractivity contribution in [2.24, 2.45) is 17.0 Å². The summed E-state index contributed by atoms with van der Waals surface area (Å²) in [6, 6.07) is 18.2. The SMILES string of the molecule is CC[C@H](C)[C@@H](C(=O)N[C@@H](Cc1ccccc1)[C@H](O)CN(CC1CCCC1)S(=O)(=O)c1ccc(/C=N/O)cc1)N(Cc1cccc(COC)n1)C(=O)O. The summed E-state index contributed by atoms with van der Waals surface area (Å²) in [6.07, 6.45) is 2.90. The number of carbonyl (C=O) groups is 2. The number of oxime groups is 1. The van der Waals surface area contributed by atoms with E-state index in [1.807, 2.05) is 37.3 Å². The fraction of sp³-hybridized carbons (Fsp3) is 0.474. The number of nitrogens with one attached hydrogen (secondary N) is 1. The van der Waals surface area contributed by atoms with Crippen molar-refractivity contribution in [3.8, 4) is 0 Å². The summed E-state index contributed by atoms with van der Waals surface area (Å²) in [5, 5.41) is 37.2. The van der Waals surface area contributed by atoms with Gasteiger partial charge in [0.05, 0.1) is 47.8 Å². The molecule has 4 N–H and O–H groups in total. The number of carbonyl (C=O) groups excluding carboxylic acids is 1. The quantitative estimate of drug-likeness (QED) is 0.0756. The number of aromatic nitrogens is 1. The Labute approximate surface area is 306 Å². The largest absolute Gasteiger partial charge is 0.465 e. The van der Waals surface area contributed by atoms with Crippen molar-refractivity contribution in [2.45, 2.75) is 88.6 Å². The van der Waals surface area contributed by atoms with Crippen LogP contribution in [0.25, 0.3) is 0 Å². The Hall–Kier alpha value is -4.37. The number of hydrogen-bond acceptors (Lipinski definition) is 9. The minimum absolute atomic E-state index is 0.0218. The third kappa shape index (κ3) is 11.1. The summed E-state index contributed by atoms with van der Waals surface area (Å²) >= 11 is 0. The molecule has 4 atom stereocenters. The first-order valence-electron chi connectivity index (χ1n) is 17.7. The van der Waals surface area contributed by atoms with Gasteiger partial charge >= 0.3 is 6.09 Å². The number of aliphatic hydroxyl groups excluding tert-OH is 1. The molecular weight excluding hydrogens is 687 g/mol. The maximum absolute atomic E-state index is 14.3. The summed E-state index contributed by atoms with van der Waals surface area (Å²) in [5.41, 5.74) is 2.38. The van der Waals surface area contributed by atoms with Gasteiger partial charge in [-0.05, 0) is 66.5 Å². The van der Waals surface area contributed by atoms with Crippen LogP contribution in [0.4, 0.5) is 4.79 Å². The minimum atomic E-state index is -4.10. The fourth-order valence-electron chi connectivity index (χ4n) is 6.68. The molecule has 1 saturated carbocycles. The van der Waals surface area contributed by atoms with Gasteiger partial charge in [0.1, 0.15) is 6.04 Å². The standard InChI is InChI=1S/C38H51N5O8S/c1-4-27(2)36(43(38(46)47)24-31-15-10-16-32(40-31)26-51-3)37(45)41-34(21-28-11-6-5-7-12-28)35(44)25-42(23-30-13-8-9-14-30)52(49,50)33-19-17-29(18-20-33)22-39-48/h5-7,10-12,15-20,22,27,30,34-36,44,48H,4,8-9,13-14,21,23-26H2,1-3H3,(H,41,45)(H,46,47)/b39-22+/t27-,34-,35+,36-/m0/s1. The first-order chi connectivity index (χ1) is 25.0. The lowest BCUT2D eigenvalue weighted by Gasteiger charge is -2.35. The van der Waals surface area contributed by atoms with Gasteiger partial charge < -0.3 is 25.5 Å². The minimum Gasteiger partial charge on any atom is -0.465 e. The topological polar surface area (TPSA) is 182 Å². The number of benzene rings is 2. The van der Waals surface area contributed by atoms with Gasteiger partial charge in [0, 0.05) is 20.2 Å². The summed E-state index contributed by atoms with van der Waals surface area (Å²) in [5.74, 6) is -0.901. The van der Waals surface area contributed by atoms with Gasteiger partial charge in [0.2, 0.25) is 15.9 Å². The maximum atomic E-state index is 14.3. The smallest absolute Gasteiger partial charge is 0.408 e. The summed E-state index contributed by atoms with van der Waals surface area (Å²) in [6.45, 7) is 3.65. The Balaban J connectivity index is 1.66. The Morgan fingerprint density at radius 2 is 1.71 bits per heavy atom. The third-order valence-electron chi connectivity index (χ3n) is 9.66. The molecule has 0 bridgehead atoms. The molecule has 13 nitrogen and oxygen atoms in total. The first kappa shape index (κ1) is 40.4. The molecule has 1 aliphatic rings. The summed E-state index contributed by atoms with van der Waals surface area (Å²) in [4.78, 5) is 32.6. The highest BCUT2D eigenvalue weighted by molar-refractivity contribution is 7.89. The molecule has 0 saturated heterocycles. The zero-order valence-electron chi connectivity index (χ0n) is 30.0. The van der Waals surface area contributed by atoms with Gasteiger partial charge in [-0.3, -0.25) is 14.7 Å². The second-order valence-corrected chi connectivity index (χ2v) is 15.4. The number of sulfonamides is 1. The second-order valence-electron chi connectivity index (χ2n) is 13.5. The number of hydrogen-bond donors (Lipinski definition) is 4. The van der Waals surface area contributed by atoms with Gasteiger partial charge in [0.15, 0.2) is 0 Å². The predicted molar refractivity (Wildman–Crippen MR) is 196 cm³/mol.